The molecule has 5 N–H and O–H groups in total. The van der Waals surface area contributed by atoms with Crippen molar-refractivity contribution in [1.29, 1.82) is 0 Å². The molecule has 3 aliphatic rings. The summed E-state index contributed by atoms with van der Waals surface area (Å²) in [5.74, 6) is -1.48. The molecule has 16 heteroatoms. The molecular weight excluding hydrogens is 804 g/mol. The van der Waals surface area contributed by atoms with Crippen LogP contribution in [0.3, 0.4) is 0 Å². The Morgan fingerprint density at radius 3 is 2.30 bits per heavy atom. The monoisotopic (exact) mass is 848 g/mol. The van der Waals surface area contributed by atoms with E-state index >= 15 is 4.39 Å². The summed E-state index contributed by atoms with van der Waals surface area (Å²) in [4.78, 5) is 51.5. The number of piperidine rings is 2. The summed E-state index contributed by atoms with van der Waals surface area (Å²) in [5.41, 5.74) is 8.80. The van der Waals surface area contributed by atoms with E-state index in [9.17, 15) is 27.6 Å². The number of aryl methyl sites for hydroxylation is 1. The standard InChI is InChI=1S/C45H45FN6O8S/c46-42-34-23-28(11-13-32(34)25-39(59-27-29-7-3-1-4-8-29)43(42)52-26-41(54)50-61(52,57)58)12-17-37(44(47)55)51-21-19-30(20-22-51)31-14-15-35(48-36-16-18-40(53)49-45(36)56)38(24-31)60-33-9-5-2-6-10-33/h1-11,13-15,23-25,30,36-37,48H,12,16-22,26-27H2,(H2,47,55)(H,50,54)(H,49,53,56). The van der Waals surface area contributed by atoms with Crippen LogP contribution in [0.5, 0.6) is 17.2 Å². The fourth-order valence-electron chi connectivity index (χ4n) is 8.23. The molecule has 0 aliphatic carbocycles. The quantitative estimate of drug-likeness (QED) is 0.105. The van der Waals surface area contributed by atoms with Crippen LogP contribution >= 0.6 is 0 Å². The van der Waals surface area contributed by atoms with Gasteiger partial charge in [-0.3, -0.25) is 29.4 Å². The van der Waals surface area contributed by atoms with Crippen molar-refractivity contribution in [3.8, 4) is 17.2 Å². The summed E-state index contributed by atoms with van der Waals surface area (Å²) in [6.45, 7) is 0.639. The van der Waals surface area contributed by atoms with Crippen molar-refractivity contribution in [3.05, 3.63) is 126 Å². The van der Waals surface area contributed by atoms with Crippen molar-refractivity contribution in [2.75, 3.05) is 29.3 Å². The summed E-state index contributed by atoms with van der Waals surface area (Å²) in [6, 6.07) is 29.9. The zero-order valence-corrected chi connectivity index (χ0v) is 34.0. The predicted molar refractivity (Wildman–Crippen MR) is 227 cm³/mol. The molecule has 14 nitrogen and oxygen atoms in total. The van der Waals surface area contributed by atoms with Gasteiger partial charge in [0.25, 0.3) is 5.91 Å². The molecule has 3 heterocycles. The van der Waals surface area contributed by atoms with Crippen LogP contribution < -0.4 is 34.9 Å². The number of fused-ring (bicyclic) bond motifs is 1. The fraction of sp³-hybridized carbons (Fsp3) is 0.289. The second-order valence-corrected chi connectivity index (χ2v) is 17.1. The number of carbonyl (C=O) groups is 4. The van der Waals surface area contributed by atoms with Crippen LogP contribution in [0.1, 0.15) is 54.7 Å². The second kappa shape index (κ2) is 17.6. The Hall–Kier alpha value is -6.52. The number of hydrogen-bond donors (Lipinski definition) is 4. The third kappa shape index (κ3) is 9.30. The Labute approximate surface area is 352 Å². The Morgan fingerprint density at radius 1 is 0.869 bits per heavy atom. The van der Waals surface area contributed by atoms with E-state index in [1.165, 1.54) is 0 Å². The van der Waals surface area contributed by atoms with Gasteiger partial charge in [-0.2, -0.15) is 8.42 Å². The van der Waals surface area contributed by atoms with E-state index in [1.807, 2.05) is 89.7 Å². The van der Waals surface area contributed by atoms with E-state index in [0.717, 1.165) is 24.0 Å². The van der Waals surface area contributed by atoms with Crippen LogP contribution in [0, 0.1) is 5.82 Å². The number of benzene rings is 5. The van der Waals surface area contributed by atoms with Gasteiger partial charge >= 0.3 is 10.2 Å². The average molecular weight is 849 g/mol. The van der Waals surface area contributed by atoms with E-state index in [0.29, 0.717) is 64.8 Å². The molecule has 61 heavy (non-hydrogen) atoms. The topological polar surface area (TPSA) is 189 Å². The SMILES string of the molecule is NC(=O)C(CCc1ccc2cc(OCc3ccccc3)c(N3CC(=O)NS3(=O)=O)c(F)c2c1)N1CCC(c2ccc(NC3CCC(=O)NC3=O)c(Oc3ccccc3)c2)CC1. The molecule has 0 radical (unpaired) electrons. The number of imide groups is 1. The average Bonchev–Trinajstić information content (AvgIpc) is 3.53. The number of para-hydroxylation sites is 1. The highest BCUT2D eigenvalue weighted by atomic mass is 32.2. The highest BCUT2D eigenvalue weighted by Gasteiger charge is 2.38. The number of rotatable bonds is 14. The van der Waals surface area contributed by atoms with E-state index in [-0.39, 0.29) is 47.6 Å². The summed E-state index contributed by atoms with van der Waals surface area (Å²) in [7, 11) is -4.36. The van der Waals surface area contributed by atoms with Crippen LogP contribution in [-0.2, 0) is 42.4 Å². The van der Waals surface area contributed by atoms with Crippen molar-refractivity contribution in [2.24, 2.45) is 5.73 Å². The number of halogens is 1. The Morgan fingerprint density at radius 2 is 1.61 bits per heavy atom. The van der Waals surface area contributed by atoms with Crippen molar-refractivity contribution in [2.45, 2.75) is 63.1 Å². The van der Waals surface area contributed by atoms with Crippen LogP contribution in [0.25, 0.3) is 10.8 Å². The van der Waals surface area contributed by atoms with Crippen LogP contribution in [-0.4, -0.2) is 68.7 Å². The number of nitrogens with one attached hydrogen (secondary N) is 3. The van der Waals surface area contributed by atoms with Crippen molar-refractivity contribution in [1.82, 2.24) is 14.9 Å². The second-order valence-electron chi connectivity index (χ2n) is 15.5. The lowest BCUT2D eigenvalue weighted by molar-refractivity contribution is -0.133. The van der Waals surface area contributed by atoms with Crippen molar-refractivity contribution in [3.63, 3.8) is 0 Å². The number of nitrogens with two attached hydrogens (primary N) is 1. The minimum absolute atomic E-state index is 0.0290. The molecular formula is C45H45FN6O8S. The highest BCUT2D eigenvalue weighted by molar-refractivity contribution is 7.92. The Balaban J connectivity index is 0.968. The molecule has 5 aromatic rings. The molecule has 8 rings (SSSR count). The maximum Gasteiger partial charge on any atom is 0.326 e. The molecule has 5 aromatic carbocycles. The number of hydrogen-bond acceptors (Lipinski definition) is 10. The normalized spacial score (nSPS) is 18.7. The van der Waals surface area contributed by atoms with Gasteiger partial charge in [0.1, 0.15) is 36.4 Å². The van der Waals surface area contributed by atoms with Gasteiger partial charge < -0.3 is 20.5 Å². The number of ether oxygens (including phenoxy) is 2. The molecule has 0 bridgehead atoms. The molecule has 0 saturated carbocycles. The van der Waals surface area contributed by atoms with Crippen LogP contribution in [0.2, 0.25) is 0 Å². The maximum atomic E-state index is 16.6. The van der Waals surface area contributed by atoms with Crippen LogP contribution in [0.15, 0.2) is 103 Å². The summed E-state index contributed by atoms with van der Waals surface area (Å²) < 4.78 is 57.3. The third-order valence-corrected chi connectivity index (χ3v) is 12.8. The molecule has 3 saturated heterocycles. The third-order valence-electron chi connectivity index (χ3n) is 11.4. The number of carbonyl (C=O) groups excluding carboxylic acids is 4. The van der Waals surface area contributed by atoms with E-state index in [2.05, 4.69) is 15.5 Å². The predicted octanol–water partition coefficient (Wildman–Crippen LogP) is 5.41. The Bertz CT molecular complexity index is 2590. The van der Waals surface area contributed by atoms with Crippen LogP contribution in [0.4, 0.5) is 15.8 Å². The first-order valence-electron chi connectivity index (χ1n) is 20.2. The van der Waals surface area contributed by atoms with Gasteiger partial charge in [-0.1, -0.05) is 66.7 Å². The van der Waals surface area contributed by atoms with E-state index in [4.69, 9.17) is 15.2 Å². The maximum absolute atomic E-state index is 16.6. The Kier molecular flexibility index (Phi) is 11.9. The number of likely N-dealkylation sites (tertiary alicyclic amines) is 1. The number of nitrogens with zero attached hydrogens (tertiary/aromatic N) is 2. The van der Waals surface area contributed by atoms with Gasteiger partial charge in [0.2, 0.25) is 17.7 Å². The molecule has 316 valence electrons. The number of amides is 4. The fourth-order valence-corrected chi connectivity index (χ4v) is 9.39. The van der Waals surface area contributed by atoms with Gasteiger partial charge in [-0.15, -0.1) is 0 Å². The lowest BCUT2D eigenvalue weighted by Gasteiger charge is -2.36. The smallest absolute Gasteiger partial charge is 0.326 e. The summed E-state index contributed by atoms with van der Waals surface area (Å²) in [6.07, 6.45) is 2.84. The summed E-state index contributed by atoms with van der Waals surface area (Å²) in [5, 5.41) is 6.25. The lowest BCUT2D eigenvalue weighted by atomic mass is 9.88. The summed E-state index contributed by atoms with van der Waals surface area (Å²) >= 11 is 0. The minimum Gasteiger partial charge on any atom is -0.487 e. The zero-order valence-electron chi connectivity index (χ0n) is 33.1. The van der Waals surface area contributed by atoms with E-state index in [1.54, 1.807) is 18.2 Å². The molecule has 3 aliphatic heterocycles. The first-order chi connectivity index (χ1) is 29.4. The lowest BCUT2D eigenvalue weighted by Crippen LogP contribution is -2.48. The molecule has 0 spiro atoms. The number of primary amides is 1. The molecule has 0 aromatic heterocycles. The molecule has 4 amide bonds. The zero-order chi connectivity index (χ0) is 42.7. The molecule has 2 atom stereocenters. The van der Waals surface area contributed by atoms with Gasteiger partial charge in [-0.05, 0) is 110 Å². The largest absolute Gasteiger partial charge is 0.487 e. The van der Waals surface area contributed by atoms with Crippen molar-refractivity contribution >= 4 is 56.0 Å². The molecule has 2 unspecified atom stereocenters. The van der Waals surface area contributed by atoms with Gasteiger partial charge in [-0.25, -0.2) is 13.4 Å². The van der Waals surface area contributed by atoms with Gasteiger partial charge in [0, 0.05) is 11.8 Å². The first kappa shape index (κ1) is 41.2. The van der Waals surface area contributed by atoms with Crippen molar-refractivity contribution < 1.29 is 41.5 Å². The van der Waals surface area contributed by atoms with Gasteiger partial charge in [0.15, 0.2) is 11.6 Å². The minimum atomic E-state index is -4.36. The first-order valence-corrected chi connectivity index (χ1v) is 21.6. The van der Waals surface area contributed by atoms with E-state index < -0.39 is 46.5 Å². The highest BCUT2D eigenvalue weighted by Crippen LogP contribution is 2.41. The number of anilines is 2. The van der Waals surface area contributed by atoms with Gasteiger partial charge in [0.05, 0.1) is 11.7 Å². The molecule has 3 fully saturated rings.